The van der Waals surface area contributed by atoms with Crippen molar-refractivity contribution < 1.29 is 5.11 Å². The number of hydrogen-bond acceptors (Lipinski definition) is 2. The zero-order valence-corrected chi connectivity index (χ0v) is 9.95. The van der Waals surface area contributed by atoms with E-state index in [0.29, 0.717) is 6.04 Å². The minimum Gasteiger partial charge on any atom is -0.393 e. The second-order valence-electron chi connectivity index (χ2n) is 4.74. The molecule has 88 valence electrons. The van der Waals surface area contributed by atoms with Gasteiger partial charge >= 0.3 is 0 Å². The van der Waals surface area contributed by atoms with Crippen LogP contribution in [0.5, 0.6) is 0 Å². The first kappa shape index (κ1) is 11.6. The number of rotatable bonds is 5. The molecule has 0 bridgehead atoms. The summed E-state index contributed by atoms with van der Waals surface area (Å²) in [6.45, 7) is 2.86. The first-order chi connectivity index (χ1) is 7.77. The Bertz CT molecular complexity index is 335. The third-order valence-electron chi connectivity index (χ3n) is 3.32. The van der Waals surface area contributed by atoms with Crippen LogP contribution in [0.15, 0.2) is 24.3 Å². The predicted octanol–water partition coefficient (Wildman–Crippen LogP) is 2.42. The summed E-state index contributed by atoms with van der Waals surface area (Å²) in [4.78, 5) is 0. The van der Waals surface area contributed by atoms with Crippen LogP contribution >= 0.6 is 0 Å². The van der Waals surface area contributed by atoms with Gasteiger partial charge in [0.15, 0.2) is 0 Å². The van der Waals surface area contributed by atoms with Crippen molar-refractivity contribution in [3.05, 3.63) is 35.4 Å². The van der Waals surface area contributed by atoms with Crippen LogP contribution in [0.3, 0.4) is 0 Å². The minimum atomic E-state index is -0.169. The van der Waals surface area contributed by atoms with Crippen LogP contribution in [-0.2, 0) is 6.42 Å². The van der Waals surface area contributed by atoms with Crippen molar-refractivity contribution in [2.24, 2.45) is 0 Å². The number of aliphatic hydroxyl groups excluding tert-OH is 1. The van der Waals surface area contributed by atoms with Gasteiger partial charge in [-0.25, -0.2) is 0 Å². The summed E-state index contributed by atoms with van der Waals surface area (Å²) >= 11 is 0. The predicted molar refractivity (Wildman–Crippen MR) is 66.4 cm³/mol. The molecular formula is C14H21NO. The number of aliphatic hydroxyl groups is 1. The van der Waals surface area contributed by atoms with Crippen LogP contribution in [0.25, 0.3) is 0 Å². The molecule has 0 fully saturated rings. The average molecular weight is 219 g/mol. The third-order valence-corrected chi connectivity index (χ3v) is 3.32. The number of nitrogens with one attached hydrogen (secondary N) is 1. The second-order valence-corrected chi connectivity index (χ2v) is 4.74. The Morgan fingerprint density at radius 3 is 3.06 bits per heavy atom. The lowest BCUT2D eigenvalue weighted by Gasteiger charge is -2.14. The quantitative estimate of drug-likeness (QED) is 0.745. The van der Waals surface area contributed by atoms with Crippen molar-refractivity contribution in [1.82, 2.24) is 5.32 Å². The van der Waals surface area contributed by atoms with Gasteiger partial charge in [0, 0.05) is 6.04 Å². The molecule has 1 aromatic carbocycles. The summed E-state index contributed by atoms with van der Waals surface area (Å²) in [6.07, 6.45) is 4.19. The Hall–Kier alpha value is -0.860. The van der Waals surface area contributed by atoms with Crippen molar-refractivity contribution in [2.45, 2.75) is 44.8 Å². The van der Waals surface area contributed by atoms with E-state index in [1.165, 1.54) is 24.0 Å². The highest BCUT2D eigenvalue weighted by molar-refractivity contribution is 5.34. The van der Waals surface area contributed by atoms with Crippen LogP contribution in [-0.4, -0.2) is 17.8 Å². The summed E-state index contributed by atoms with van der Waals surface area (Å²) in [5, 5.41) is 12.8. The smallest absolute Gasteiger partial charge is 0.0512 e. The third kappa shape index (κ3) is 2.83. The normalized spacial score (nSPS) is 20.8. The summed E-state index contributed by atoms with van der Waals surface area (Å²) in [7, 11) is 0. The lowest BCUT2D eigenvalue weighted by molar-refractivity contribution is 0.181. The SMILES string of the molecule is CC(O)CCCNC1CCc2ccccc21. The van der Waals surface area contributed by atoms with Crippen molar-refractivity contribution in [3.8, 4) is 0 Å². The summed E-state index contributed by atoms with van der Waals surface area (Å²) in [5.74, 6) is 0. The van der Waals surface area contributed by atoms with Crippen LogP contribution in [0.2, 0.25) is 0 Å². The molecule has 1 aliphatic carbocycles. The van der Waals surface area contributed by atoms with Gasteiger partial charge in [-0.3, -0.25) is 0 Å². The molecule has 2 N–H and O–H groups in total. The first-order valence-electron chi connectivity index (χ1n) is 6.26. The Kier molecular flexibility index (Phi) is 3.97. The van der Waals surface area contributed by atoms with Gasteiger partial charge in [0.1, 0.15) is 0 Å². The largest absolute Gasteiger partial charge is 0.393 e. The average Bonchev–Trinajstić information content (AvgIpc) is 2.68. The fraction of sp³-hybridized carbons (Fsp3) is 0.571. The fourth-order valence-electron chi connectivity index (χ4n) is 2.44. The molecule has 0 spiro atoms. The molecule has 0 heterocycles. The van der Waals surface area contributed by atoms with E-state index in [4.69, 9.17) is 0 Å². The van der Waals surface area contributed by atoms with E-state index in [9.17, 15) is 5.11 Å². The molecule has 2 unspecified atom stereocenters. The van der Waals surface area contributed by atoms with E-state index >= 15 is 0 Å². The molecule has 2 atom stereocenters. The van der Waals surface area contributed by atoms with Crippen molar-refractivity contribution >= 4 is 0 Å². The van der Waals surface area contributed by atoms with E-state index < -0.39 is 0 Å². The maximum absolute atomic E-state index is 9.17. The summed E-state index contributed by atoms with van der Waals surface area (Å²) in [5.41, 5.74) is 2.97. The number of benzene rings is 1. The van der Waals surface area contributed by atoms with Gasteiger partial charge in [-0.1, -0.05) is 24.3 Å². The monoisotopic (exact) mass is 219 g/mol. The molecule has 1 aromatic rings. The van der Waals surface area contributed by atoms with Gasteiger partial charge in [0.25, 0.3) is 0 Å². The molecule has 0 aromatic heterocycles. The summed E-state index contributed by atoms with van der Waals surface area (Å²) in [6, 6.07) is 9.23. The van der Waals surface area contributed by atoms with Gasteiger partial charge in [-0.2, -0.15) is 0 Å². The number of aryl methyl sites for hydroxylation is 1. The molecule has 0 saturated carbocycles. The Balaban J connectivity index is 1.80. The van der Waals surface area contributed by atoms with Gasteiger partial charge < -0.3 is 10.4 Å². The highest BCUT2D eigenvalue weighted by Crippen LogP contribution is 2.30. The highest BCUT2D eigenvalue weighted by atomic mass is 16.3. The zero-order valence-electron chi connectivity index (χ0n) is 9.95. The van der Waals surface area contributed by atoms with Crippen molar-refractivity contribution in [2.75, 3.05) is 6.54 Å². The molecule has 0 amide bonds. The van der Waals surface area contributed by atoms with Gasteiger partial charge in [-0.15, -0.1) is 0 Å². The molecule has 0 aliphatic heterocycles. The van der Waals surface area contributed by atoms with E-state index in [-0.39, 0.29) is 6.10 Å². The first-order valence-corrected chi connectivity index (χ1v) is 6.26. The van der Waals surface area contributed by atoms with E-state index in [2.05, 4.69) is 29.6 Å². The van der Waals surface area contributed by atoms with Crippen molar-refractivity contribution in [3.63, 3.8) is 0 Å². The minimum absolute atomic E-state index is 0.169. The van der Waals surface area contributed by atoms with E-state index in [0.717, 1.165) is 19.4 Å². The standard InChI is InChI=1S/C14H21NO/c1-11(16)5-4-10-15-14-9-8-12-6-2-3-7-13(12)14/h2-3,6-7,11,14-16H,4-5,8-10H2,1H3. The van der Waals surface area contributed by atoms with Crippen LogP contribution < -0.4 is 5.32 Å². The van der Waals surface area contributed by atoms with Gasteiger partial charge in [0.2, 0.25) is 0 Å². The molecule has 16 heavy (non-hydrogen) atoms. The lowest BCUT2D eigenvalue weighted by Crippen LogP contribution is -2.21. The van der Waals surface area contributed by atoms with Crippen LogP contribution in [0, 0.1) is 0 Å². The molecule has 2 heteroatoms. The van der Waals surface area contributed by atoms with Crippen molar-refractivity contribution in [1.29, 1.82) is 0 Å². The van der Waals surface area contributed by atoms with E-state index in [1.807, 2.05) is 6.92 Å². The second kappa shape index (κ2) is 5.46. The lowest BCUT2D eigenvalue weighted by atomic mass is 10.1. The molecule has 2 rings (SSSR count). The Labute approximate surface area is 97.7 Å². The zero-order chi connectivity index (χ0) is 11.4. The fourth-order valence-corrected chi connectivity index (χ4v) is 2.44. The Morgan fingerprint density at radius 1 is 1.44 bits per heavy atom. The number of fused-ring (bicyclic) bond motifs is 1. The summed E-state index contributed by atoms with van der Waals surface area (Å²) < 4.78 is 0. The maximum atomic E-state index is 9.17. The van der Waals surface area contributed by atoms with Gasteiger partial charge in [-0.05, 0) is 50.3 Å². The molecule has 2 nitrogen and oxygen atoms in total. The molecular weight excluding hydrogens is 198 g/mol. The highest BCUT2D eigenvalue weighted by Gasteiger charge is 2.20. The number of hydrogen-bond donors (Lipinski definition) is 2. The Morgan fingerprint density at radius 2 is 2.25 bits per heavy atom. The van der Waals surface area contributed by atoms with Crippen LogP contribution in [0.4, 0.5) is 0 Å². The van der Waals surface area contributed by atoms with Gasteiger partial charge in [0.05, 0.1) is 6.10 Å². The van der Waals surface area contributed by atoms with Crippen LogP contribution in [0.1, 0.15) is 43.4 Å². The topological polar surface area (TPSA) is 32.3 Å². The molecule has 0 saturated heterocycles. The molecule has 1 aliphatic rings. The molecule has 0 radical (unpaired) electrons. The van der Waals surface area contributed by atoms with E-state index in [1.54, 1.807) is 0 Å². The maximum Gasteiger partial charge on any atom is 0.0512 e.